The first-order chi connectivity index (χ1) is 18.7. The number of hydrogen-bond acceptors (Lipinski definition) is 5. The highest BCUT2D eigenvalue weighted by Gasteiger charge is 2.24. The molecule has 0 saturated carbocycles. The molecule has 0 atom stereocenters. The van der Waals surface area contributed by atoms with Gasteiger partial charge in [0.25, 0.3) is 0 Å². The SMILES string of the molecule is N#CC1=C(C#N)N=C(c2ccccc2)CC(/C=C/c2ccc(-c3cc4c5c(c3)CCCN5CCC4)cc2)=N1. The van der Waals surface area contributed by atoms with Gasteiger partial charge in [-0.2, -0.15) is 10.5 Å². The van der Waals surface area contributed by atoms with E-state index in [4.69, 9.17) is 0 Å². The van der Waals surface area contributed by atoms with Gasteiger partial charge in [0.1, 0.15) is 12.1 Å². The Morgan fingerprint density at radius 1 is 0.711 bits per heavy atom. The fraction of sp³-hybridized carbons (Fsp3) is 0.212. The van der Waals surface area contributed by atoms with E-state index in [2.05, 4.69) is 51.3 Å². The predicted molar refractivity (Wildman–Crippen MR) is 153 cm³/mol. The number of nitriles is 2. The Morgan fingerprint density at radius 2 is 1.37 bits per heavy atom. The van der Waals surface area contributed by atoms with Gasteiger partial charge >= 0.3 is 0 Å². The zero-order valence-corrected chi connectivity index (χ0v) is 21.2. The van der Waals surface area contributed by atoms with E-state index in [0.717, 1.165) is 29.7 Å². The zero-order valence-electron chi connectivity index (χ0n) is 21.2. The van der Waals surface area contributed by atoms with Crippen molar-refractivity contribution in [3.05, 3.63) is 106 Å². The van der Waals surface area contributed by atoms with Crippen molar-refractivity contribution < 1.29 is 0 Å². The molecule has 3 aromatic carbocycles. The van der Waals surface area contributed by atoms with E-state index in [0.29, 0.717) is 12.1 Å². The maximum atomic E-state index is 9.58. The van der Waals surface area contributed by atoms with E-state index in [1.807, 2.05) is 54.6 Å². The summed E-state index contributed by atoms with van der Waals surface area (Å²) in [6.45, 7) is 2.38. The summed E-state index contributed by atoms with van der Waals surface area (Å²) in [6.07, 6.45) is 9.16. The van der Waals surface area contributed by atoms with Gasteiger partial charge in [0, 0.05) is 30.9 Å². The zero-order chi connectivity index (χ0) is 25.9. The molecule has 0 fully saturated rings. The Morgan fingerprint density at radius 3 is 2.03 bits per heavy atom. The van der Waals surface area contributed by atoms with Crippen molar-refractivity contribution in [2.75, 3.05) is 18.0 Å². The van der Waals surface area contributed by atoms with Gasteiger partial charge in [-0.1, -0.05) is 60.7 Å². The van der Waals surface area contributed by atoms with Crippen LogP contribution in [0.5, 0.6) is 0 Å². The van der Waals surface area contributed by atoms with Gasteiger partial charge in [0.15, 0.2) is 11.4 Å². The minimum absolute atomic E-state index is 0.0448. The highest BCUT2D eigenvalue weighted by molar-refractivity contribution is 6.17. The van der Waals surface area contributed by atoms with Crippen molar-refractivity contribution in [2.24, 2.45) is 9.98 Å². The predicted octanol–water partition coefficient (Wildman–Crippen LogP) is 6.66. The lowest BCUT2D eigenvalue weighted by Gasteiger charge is -2.37. The van der Waals surface area contributed by atoms with Crippen LogP contribution in [0.1, 0.15) is 41.5 Å². The first-order valence-electron chi connectivity index (χ1n) is 13.2. The quantitative estimate of drug-likeness (QED) is 0.408. The monoisotopic (exact) mass is 493 g/mol. The standard InChI is InChI=1S/C33H27N5/c34-21-31-32(22-35)37-30(25-6-2-1-3-7-25)20-29(36-31)15-12-23-10-13-24(14-11-23)28-18-26-8-4-16-38-17-5-9-27(19-28)33(26)38/h1-3,6-7,10-15,18-19H,4-5,8-9,16-17,20H2/b15-12+. The number of rotatable bonds is 4. The minimum Gasteiger partial charge on any atom is -0.371 e. The molecule has 5 heteroatoms. The van der Waals surface area contributed by atoms with Gasteiger partial charge in [-0.05, 0) is 77.3 Å². The van der Waals surface area contributed by atoms with Crippen LogP contribution in [0.4, 0.5) is 5.69 Å². The second-order valence-corrected chi connectivity index (χ2v) is 9.92. The molecule has 3 aliphatic heterocycles. The molecule has 0 N–H and O–H groups in total. The number of nitrogens with zero attached hydrogens (tertiary/aromatic N) is 5. The Bertz CT molecular complexity index is 1560. The Kier molecular flexibility index (Phi) is 6.42. The molecule has 0 amide bonds. The first-order valence-corrected chi connectivity index (χ1v) is 13.2. The summed E-state index contributed by atoms with van der Waals surface area (Å²) in [6, 6.07) is 27.2. The van der Waals surface area contributed by atoms with E-state index in [1.165, 1.54) is 53.9 Å². The molecule has 3 aliphatic rings. The van der Waals surface area contributed by atoms with Gasteiger partial charge in [0.05, 0.1) is 5.71 Å². The number of benzene rings is 3. The minimum atomic E-state index is 0.0448. The van der Waals surface area contributed by atoms with Crippen LogP contribution >= 0.6 is 0 Å². The third-order valence-corrected chi connectivity index (χ3v) is 7.44. The molecule has 3 aromatic rings. The highest BCUT2D eigenvalue weighted by atomic mass is 15.1. The molecule has 6 rings (SSSR count). The normalized spacial score (nSPS) is 16.7. The fourth-order valence-electron chi connectivity index (χ4n) is 5.63. The van der Waals surface area contributed by atoms with Gasteiger partial charge in [-0.3, -0.25) is 0 Å². The molecule has 5 nitrogen and oxygen atoms in total. The van der Waals surface area contributed by atoms with Crippen LogP contribution in [-0.4, -0.2) is 24.5 Å². The van der Waals surface area contributed by atoms with Crippen LogP contribution in [0.15, 0.2) is 94.2 Å². The highest BCUT2D eigenvalue weighted by Crippen LogP contribution is 2.38. The number of anilines is 1. The van der Waals surface area contributed by atoms with E-state index >= 15 is 0 Å². The molecule has 0 spiro atoms. The molecule has 38 heavy (non-hydrogen) atoms. The lowest BCUT2D eigenvalue weighted by atomic mass is 9.88. The summed E-state index contributed by atoms with van der Waals surface area (Å²) < 4.78 is 0. The van der Waals surface area contributed by atoms with Crippen molar-refractivity contribution in [2.45, 2.75) is 32.1 Å². The van der Waals surface area contributed by atoms with Crippen molar-refractivity contribution in [1.82, 2.24) is 0 Å². The smallest absolute Gasteiger partial charge is 0.177 e. The molecule has 0 bridgehead atoms. The largest absolute Gasteiger partial charge is 0.371 e. The maximum absolute atomic E-state index is 9.58. The van der Waals surface area contributed by atoms with E-state index < -0.39 is 0 Å². The number of aryl methyl sites for hydroxylation is 2. The summed E-state index contributed by atoms with van der Waals surface area (Å²) >= 11 is 0. The number of hydrogen-bond donors (Lipinski definition) is 0. The van der Waals surface area contributed by atoms with Crippen LogP contribution in [0.2, 0.25) is 0 Å². The van der Waals surface area contributed by atoms with Crippen molar-refractivity contribution in [3.8, 4) is 23.3 Å². The average molecular weight is 494 g/mol. The van der Waals surface area contributed by atoms with Crippen molar-refractivity contribution in [3.63, 3.8) is 0 Å². The van der Waals surface area contributed by atoms with Crippen LogP contribution in [-0.2, 0) is 12.8 Å². The van der Waals surface area contributed by atoms with E-state index in [9.17, 15) is 10.5 Å². The third-order valence-electron chi connectivity index (χ3n) is 7.44. The molecule has 184 valence electrons. The molecule has 0 unspecified atom stereocenters. The van der Waals surface area contributed by atoms with Crippen molar-refractivity contribution >= 4 is 23.2 Å². The first kappa shape index (κ1) is 23.6. The van der Waals surface area contributed by atoms with Gasteiger partial charge in [-0.15, -0.1) is 0 Å². The average Bonchev–Trinajstić information content (AvgIpc) is 3.16. The number of allylic oxidation sites excluding steroid dienone is 3. The van der Waals surface area contributed by atoms with Crippen LogP contribution in [0.25, 0.3) is 17.2 Å². The van der Waals surface area contributed by atoms with Gasteiger partial charge in [-0.25, -0.2) is 9.98 Å². The molecule has 3 heterocycles. The Labute approximate surface area is 223 Å². The fourth-order valence-corrected chi connectivity index (χ4v) is 5.63. The second-order valence-electron chi connectivity index (χ2n) is 9.92. The lowest BCUT2D eigenvalue weighted by molar-refractivity contribution is 0.634. The Hall–Kier alpha value is -4.74. The van der Waals surface area contributed by atoms with Gasteiger partial charge in [0.2, 0.25) is 0 Å². The summed E-state index contributed by atoms with van der Waals surface area (Å²) in [4.78, 5) is 11.5. The molecule has 0 aliphatic carbocycles. The summed E-state index contributed by atoms with van der Waals surface area (Å²) in [7, 11) is 0. The molecule has 0 saturated heterocycles. The molecular weight excluding hydrogens is 466 g/mol. The summed E-state index contributed by atoms with van der Waals surface area (Å²) in [5, 5.41) is 19.1. The number of aliphatic imine (C=N–C) groups is 2. The second kappa shape index (κ2) is 10.3. The molecule has 0 radical (unpaired) electrons. The van der Waals surface area contributed by atoms with Crippen molar-refractivity contribution in [1.29, 1.82) is 10.5 Å². The maximum Gasteiger partial charge on any atom is 0.177 e. The summed E-state index contributed by atoms with van der Waals surface area (Å²) in [5.41, 5.74) is 10.5. The lowest BCUT2D eigenvalue weighted by Crippen LogP contribution is -2.34. The topological polar surface area (TPSA) is 75.5 Å². The third kappa shape index (κ3) is 4.67. The van der Waals surface area contributed by atoms with E-state index in [-0.39, 0.29) is 11.4 Å². The van der Waals surface area contributed by atoms with Crippen LogP contribution in [0, 0.1) is 22.7 Å². The van der Waals surface area contributed by atoms with Crippen LogP contribution < -0.4 is 4.90 Å². The molecule has 0 aromatic heterocycles. The van der Waals surface area contributed by atoms with Gasteiger partial charge < -0.3 is 4.90 Å². The molecular formula is C33H27N5. The summed E-state index contributed by atoms with van der Waals surface area (Å²) in [5.74, 6) is 0. The van der Waals surface area contributed by atoms with Crippen LogP contribution in [0.3, 0.4) is 0 Å². The van der Waals surface area contributed by atoms with E-state index in [1.54, 1.807) is 0 Å². The Balaban J connectivity index is 1.26.